The van der Waals surface area contributed by atoms with E-state index in [0.29, 0.717) is 30.4 Å². The van der Waals surface area contributed by atoms with Crippen molar-refractivity contribution in [3.05, 3.63) is 60.9 Å². The summed E-state index contributed by atoms with van der Waals surface area (Å²) >= 11 is 0. The van der Waals surface area contributed by atoms with E-state index in [9.17, 15) is 12.8 Å². The van der Waals surface area contributed by atoms with Crippen LogP contribution in [0.5, 0.6) is 11.5 Å². The van der Waals surface area contributed by atoms with Crippen LogP contribution in [0.15, 0.2) is 60.0 Å². The first kappa shape index (κ1) is 16.3. The maximum Gasteiger partial charge on any atom is 0.264 e. The van der Waals surface area contributed by atoms with Crippen LogP contribution in [0.4, 0.5) is 10.1 Å². The molecule has 0 spiro atoms. The monoisotopic (exact) mass is 349 g/mol. The van der Waals surface area contributed by atoms with Gasteiger partial charge in [0.05, 0.1) is 17.1 Å². The number of nitrogens with zero attached hydrogens (tertiary/aromatic N) is 1. The van der Waals surface area contributed by atoms with E-state index in [1.165, 1.54) is 22.5 Å². The quantitative estimate of drug-likeness (QED) is 0.779. The van der Waals surface area contributed by atoms with Crippen molar-refractivity contribution in [2.75, 3.05) is 24.1 Å². The van der Waals surface area contributed by atoms with Crippen molar-refractivity contribution >= 4 is 15.7 Å². The number of benzene rings is 2. The van der Waals surface area contributed by atoms with Gasteiger partial charge < -0.3 is 9.47 Å². The molecule has 0 unspecified atom stereocenters. The van der Waals surface area contributed by atoms with Crippen LogP contribution in [0.2, 0.25) is 0 Å². The third-order valence-electron chi connectivity index (χ3n) is 3.51. The van der Waals surface area contributed by atoms with Crippen molar-refractivity contribution in [2.45, 2.75) is 4.90 Å². The smallest absolute Gasteiger partial charge is 0.264 e. The van der Waals surface area contributed by atoms with Crippen molar-refractivity contribution < 1.29 is 22.3 Å². The fourth-order valence-electron chi connectivity index (χ4n) is 2.38. The Morgan fingerprint density at radius 3 is 2.42 bits per heavy atom. The van der Waals surface area contributed by atoms with Gasteiger partial charge in [-0.1, -0.05) is 6.08 Å². The normalized spacial score (nSPS) is 13.4. The summed E-state index contributed by atoms with van der Waals surface area (Å²) in [7, 11) is -3.86. The molecule has 0 aromatic heterocycles. The van der Waals surface area contributed by atoms with E-state index < -0.39 is 15.8 Å². The Morgan fingerprint density at radius 2 is 1.75 bits per heavy atom. The number of ether oxygens (including phenoxy) is 2. The van der Waals surface area contributed by atoms with Crippen LogP contribution in [0.25, 0.3) is 0 Å². The molecule has 7 heteroatoms. The third kappa shape index (κ3) is 3.07. The van der Waals surface area contributed by atoms with E-state index in [0.717, 1.165) is 12.1 Å². The van der Waals surface area contributed by atoms with Crippen molar-refractivity contribution in [1.29, 1.82) is 0 Å². The second-order valence-electron chi connectivity index (χ2n) is 5.11. The highest BCUT2D eigenvalue weighted by Crippen LogP contribution is 2.35. The van der Waals surface area contributed by atoms with Gasteiger partial charge in [-0.15, -0.1) is 6.58 Å². The number of sulfonamides is 1. The molecular formula is C17H16FNO4S. The molecule has 2 aromatic rings. The number of fused-ring (bicyclic) bond motifs is 1. The number of hydrogen-bond acceptors (Lipinski definition) is 4. The van der Waals surface area contributed by atoms with Gasteiger partial charge in [0.1, 0.15) is 19.0 Å². The van der Waals surface area contributed by atoms with Crippen LogP contribution < -0.4 is 13.8 Å². The zero-order valence-electron chi connectivity index (χ0n) is 12.8. The molecule has 0 radical (unpaired) electrons. The Morgan fingerprint density at radius 1 is 1.08 bits per heavy atom. The fourth-order valence-corrected chi connectivity index (χ4v) is 3.81. The summed E-state index contributed by atoms with van der Waals surface area (Å²) in [6.07, 6.45) is 1.48. The summed E-state index contributed by atoms with van der Waals surface area (Å²) in [4.78, 5) is 0.000592. The van der Waals surface area contributed by atoms with E-state index in [-0.39, 0.29) is 11.4 Å². The van der Waals surface area contributed by atoms with Crippen LogP contribution in [0.1, 0.15) is 0 Å². The molecule has 126 valence electrons. The van der Waals surface area contributed by atoms with E-state index >= 15 is 0 Å². The standard InChI is InChI=1S/C17H16FNO4S/c1-2-9-19(24(20,21)15-6-3-13(18)4-7-15)14-5-8-16-17(12-14)23-11-10-22-16/h2-8,12H,1,9-11H2. The Balaban J connectivity index is 2.03. The van der Waals surface area contributed by atoms with Crippen LogP contribution in [-0.4, -0.2) is 28.2 Å². The fraction of sp³-hybridized carbons (Fsp3) is 0.176. The molecule has 3 rings (SSSR count). The van der Waals surface area contributed by atoms with Gasteiger partial charge >= 0.3 is 0 Å². The average molecular weight is 349 g/mol. The van der Waals surface area contributed by atoms with E-state index in [1.54, 1.807) is 18.2 Å². The summed E-state index contributed by atoms with van der Waals surface area (Å²) in [5.41, 5.74) is 0.420. The lowest BCUT2D eigenvalue weighted by Crippen LogP contribution is -2.31. The maximum absolute atomic E-state index is 13.1. The van der Waals surface area contributed by atoms with Gasteiger partial charge in [0.25, 0.3) is 10.0 Å². The molecule has 2 aromatic carbocycles. The molecule has 5 nitrogen and oxygen atoms in total. The largest absolute Gasteiger partial charge is 0.486 e. The minimum Gasteiger partial charge on any atom is -0.486 e. The lowest BCUT2D eigenvalue weighted by atomic mass is 10.2. The summed E-state index contributed by atoms with van der Waals surface area (Å²) in [5.74, 6) is 0.563. The van der Waals surface area contributed by atoms with E-state index in [1.807, 2.05) is 0 Å². The van der Waals surface area contributed by atoms with Gasteiger partial charge in [-0.2, -0.15) is 0 Å². The number of hydrogen-bond donors (Lipinski definition) is 0. The summed E-state index contributed by atoms with van der Waals surface area (Å²) in [5, 5.41) is 0. The molecule has 0 amide bonds. The van der Waals surface area contributed by atoms with Crippen molar-refractivity contribution in [3.63, 3.8) is 0 Å². The lowest BCUT2D eigenvalue weighted by Gasteiger charge is -2.25. The van der Waals surface area contributed by atoms with Crippen LogP contribution in [-0.2, 0) is 10.0 Å². The predicted octanol–water partition coefficient (Wildman–Crippen LogP) is 2.98. The Bertz CT molecular complexity index is 849. The molecule has 1 heterocycles. The number of anilines is 1. The molecule has 1 aliphatic heterocycles. The molecule has 1 aliphatic rings. The predicted molar refractivity (Wildman–Crippen MR) is 88.6 cm³/mol. The SMILES string of the molecule is C=CCN(c1ccc2c(c1)OCCO2)S(=O)(=O)c1ccc(F)cc1. The topological polar surface area (TPSA) is 55.8 Å². The Hall–Kier alpha value is -2.54. The van der Waals surface area contributed by atoms with Gasteiger partial charge in [0.2, 0.25) is 0 Å². The molecule has 0 atom stereocenters. The Kier molecular flexibility index (Phi) is 4.44. The van der Waals surface area contributed by atoms with E-state index in [2.05, 4.69) is 6.58 Å². The van der Waals surface area contributed by atoms with Gasteiger partial charge in [-0.25, -0.2) is 12.8 Å². The molecule has 0 saturated carbocycles. The molecular weight excluding hydrogens is 333 g/mol. The highest BCUT2D eigenvalue weighted by molar-refractivity contribution is 7.92. The average Bonchev–Trinajstić information content (AvgIpc) is 2.59. The zero-order valence-corrected chi connectivity index (χ0v) is 13.6. The first-order valence-corrected chi connectivity index (χ1v) is 8.75. The summed E-state index contributed by atoms with van der Waals surface area (Å²) in [6.45, 7) is 4.54. The Labute approximate surface area is 140 Å². The highest BCUT2D eigenvalue weighted by Gasteiger charge is 2.25. The first-order valence-electron chi connectivity index (χ1n) is 7.31. The second-order valence-corrected chi connectivity index (χ2v) is 6.97. The molecule has 0 fully saturated rings. The zero-order chi connectivity index (χ0) is 17.2. The maximum atomic E-state index is 13.1. The second kappa shape index (κ2) is 6.52. The van der Waals surface area contributed by atoms with Gasteiger partial charge in [0, 0.05) is 6.07 Å². The van der Waals surface area contributed by atoms with Crippen LogP contribution in [0.3, 0.4) is 0 Å². The molecule has 0 aliphatic carbocycles. The summed E-state index contributed by atoms with van der Waals surface area (Å²) in [6, 6.07) is 9.61. The number of halogens is 1. The summed E-state index contributed by atoms with van der Waals surface area (Å²) < 4.78 is 51.0. The molecule has 0 N–H and O–H groups in total. The highest BCUT2D eigenvalue weighted by atomic mass is 32.2. The lowest BCUT2D eigenvalue weighted by molar-refractivity contribution is 0.171. The minimum absolute atomic E-state index is 0.000592. The van der Waals surface area contributed by atoms with E-state index in [4.69, 9.17) is 9.47 Å². The third-order valence-corrected chi connectivity index (χ3v) is 5.32. The minimum atomic E-state index is -3.86. The van der Waals surface area contributed by atoms with Crippen molar-refractivity contribution in [2.24, 2.45) is 0 Å². The van der Waals surface area contributed by atoms with Crippen molar-refractivity contribution in [1.82, 2.24) is 0 Å². The number of rotatable bonds is 5. The van der Waals surface area contributed by atoms with Gasteiger partial charge in [-0.05, 0) is 36.4 Å². The van der Waals surface area contributed by atoms with Gasteiger partial charge in [0.15, 0.2) is 11.5 Å². The van der Waals surface area contributed by atoms with Crippen molar-refractivity contribution in [3.8, 4) is 11.5 Å². The first-order chi connectivity index (χ1) is 11.5. The van der Waals surface area contributed by atoms with Crippen LogP contribution >= 0.6 is 0 Å². The molecule has 24 heavy (non-hydrogen) atoms. The van der Waals surface area contributed by atoms with Gasteiger partial charge in [-0.3, -0.25) is 4.31 Å². The van der Waals surface area contributed by atoms with Crippen LogP contribution in [0, 0.1) is 5.82 Å². The molecule has 0 bridgehead atoms. The molecule has 0 saturated heterocycles.